The van der Waals surface area contributed by atoms with Crippen LogP contribution in [0.25, 0.3) is 0 Å². The summed E-state index contributed by atoms with van der Waals surface area (Å²) in [6.45, 7) is 6.91. The summed E-state index contributed by atoms with van der Waals surface area (Å²) in [5.74, 6) is -0.270. The predicted molar refractivity (Wildman–Crippen MR) is 142 cm³/mol. The van der Waals surface area contributed by atoms with Gasteiger partial charge in [0.05, 0.1) is 10.1 Å². The van der Waals surface area contributed by atoms with E-state index in [0.717, 1.165) is 57.0 Å². The first kappa shape index (κ1) is 25.8. The second-order valence-electron chi connectivity index (χ2n) is 9.75. The van der Waals surface area contributed by atoms with E-state index >= 15 is 0 Å². The summed E-state index contributed by atoms with van der Waals surface area (Å²) in [6, 6.07) is 6.47. The number of anilines is 1. The number of piperazine rings is 1. The molecule has 12 heteroatoms. The van der Waals surface area contributed by atoms with Crippen LogP contribution in [0.15, 0.2) is 40.5 Å². The molecule has 0 radical (unpaired) electrons. The van der Waals surface area contributed by atoms with E-state index < -0.39 is 9.84 Å². The molecule has 1 saturated carbocycles. The summed E-state index contributed by atoms with van der Waals surface area (Å²) in [5.41, 5.74) is 0.814. The number of nitrogens with zero attached hydrogens (tertiary/aromatic N) is 5. The summed E-state index contributed by atoms with van der Waals surface area (Å²) < 4.78 is 25.1. The molecule has 0 atom stereocenters. The molecule has 37 heavy (non-hydrogen) atoms. The molecule has 3 aliphatic rings. The number of hydrogen-bond acceptors (Lipinski definition) is 9. The van der Waals surface area contributed by atoms with Gasteiger partial charge in [0.25, 0.3) is 5.91 Å². The summed E-state index contributed by atoms with van der Waals surface area (Å²) in [6.07, 6.45) is 5.23. The van der Waals surface area contributed by atoms with Crippen LogP contribution in [0.5, 0.6) is 0 Å². The fourth-order valence-corrected chi connectivity index (χ4v) is 7.09. The highest BCUT2D eigenvalue weighted by atomic mass is 32.2. The van der Waals surface area contributed by atoms with Gasteiger partial charge >= 0.3 is 0 Å². The van der Waals surface area contributed by atoms with Crippen LogP contribution in [0, 0.1) is 0 Å². The topological polar surface area (TPSA) is 115 Å². The predicted octanol–water partition coefficient (Wildman–Crippen LogP) is 2.18. The first-order chi connectivity index (χ1) is 17.8. The SMILES string of the molecule is CC(=O)N1CCN(Cc2cnc(NC(=O)/C(=N/N3CCCC3)c3ccc(S(=O)(=O)C4CC4)cc3)s2)CC1. The average Bonchev–Trinajstić information content (AvgIpc) is 3.47. The highest BCUT2D eigenvalue weighted by Gasteiger charge is 2.36. The Hall–Kier alpha value is -2.83. The van der Waals surface area contributed by atoms with Crippen LogP contribution in [0.2, 0.25) is 0 Å². The summed E-state index contributed by atoms with van der Waals surface area (Å²) in [7, 11) is -3.30. The lowest BCUT2D eigenvalue weighted by Gasteiger charge is -2.33. The largest absolute Gasteiger partial charge is 0.340 e. The van der Waals surface area contributed by atoms with Gasteiger partial charge < -0.3 is 4.90 Å². The van der Waals surface area contributed by atoms with Crippen LogP contribution < -0.4 is 5.32 Å². The van der Waals surface area contributed by atoms with Crippen LogP contribution in [-0.2, 0) is 26.0 Å². The lowest BCUT2D eigenvalue weighted by atomic mass is 10.1. The van der Waals surface area contributed by atoms with Crippen molar-refractivity contribution in [3.8, 4) is 0 Å². The summed E-state index contributed by atoms with van der Waals surface area (Å²) in [5, 5.41) is 9.61. The molecule has 0 bridgehead atoms. The number of benzene rings is 1. The number of rotatable bonds is 8. The minimum absolute atomic E-state index is 0.105. The van der Waals surface area contributed by atoms with Gasteiger partial charge in [0, 0.05) is 69.4 Å². The molecule has 2 saturated heterocycles. The van der Waals surface area contributed by atoms with Gasteiger partial charge in [0.15, 0.2) is 20.7 Å². The Balaban J connectivity index is 1.27. The van der Waals surface area contributed by atoms with Crippen molar-refractivity contribution < 1.29 is 18.0 Å². The highest BCUT2D eigenvalue weighted by molar-refractivity contribution is 7.92. The Morgan fingerprint density at radius 2 is 1.73 bits per heavy atom. The Bertz CT molecular complexity index is 1270. The molecule has 1 aromatic heterocycles. The number of thiazole rings is 1. The Morgan fingerprint density at radius 1 is 1.05 bits per heavy atom. The summed E-state index contributed by atoms with van der Waals surface area (Å²) >= 11 is 1.42. The van der Waals surface area contributed by atoms with Gasteiger partial charge in [-0.05, 0) is 37.8 Å². The normalized spacial score (nSPS) is 19.3. The quantitative estimate of drug-likeness (QED) is 0.507. The third-order valence-corrected chi connectivity index (χ3v) is 10.1. The van der Waals surface area contributed by atoms with Crippen molar-refractivity contribution in [2.45, 2.75) is 49.3 Å². The van der Waals surface area contributed by atoms with Crippen molar-refractivity contribution in [3.63, 3.8) is 0 Å². The fourth-order valence-electron chi connectivity index (χ4n) is 4.59. The Morgan fingerprint density at radius 3 is 2.35 bits per heavy atom. The van der Waals surface area contributed by atoms with Crippen molar-refractivity contribution in [2.75, 3.05) is 44.6 Å². The average molecular weight is 545 g/mol. The number of amides is 2. The molecule has 198 valence electrons. The van der Waals surface area contributed by atoms with Gasteiger partial charge in [-0.15, -0.1) is 11.3 Å². The van der Waals surface area contributed by atoms with Crippen molar-refractivity contribution in [2.24, 2.45) is 5.10 Å². The van der Waals surface area contributed by atoms with Crippen molar-refractivity contribution in [3.05, 3.63) is 40.9 Å². The molecule has 1 aromatic carbocycles. The highest BCUT2D eigenvalue weighted by Crippen LogP contribution is 2.33. The van der Waals surface area contributed by atoms with E-state index in [4.69, 9.17) is 0 Å². The van der Waals surface area contributed by atoms with E-state index in [1.807, 2.05) is 9.91 Å². The maximum Gasteiger partial charge on any atom is 0.278 e. The van der Waals surface area contributed by atoms with Crippen LogP contribution in [0.4, 0.5) is 5.13 Å². The third-order valence-electron chi connectivity index (χ3n) is 6.93. The van der Waals surface area contributed by atoms with E-state index in [9.17, 15) is 18.0 Å². The molecule has 2 aromatic rings. The lowest BCUT2D eigenvalue weighted by molar-refractivity contribution is -0.130. The van der Waals surface area contributed by atoms with Crippen LogP contribution in [0.3, 0.4) is 0 Å². The minimum atomic E-state index is -3.30. The smallest absolute Gasteiger partial charge is 0.278 e. The first-order valence-electron chi connectivity index (χ1n) is 12.7. The number of aromatic nitrogens is 1. The number of hydrazone groups is 1. The van der Waals surface area contributed by atoms with Gasteiger partial charge in [0.2, 0.25) is 5.91 Å². The molecule has 1 aliphatic carbocycles. The maximum atomic E-state index is 13.3. The number of hydrogen-bond donors (Lipinski definition) is 1. The van der Waals surface area contributed by atoms with Gasteiger partial charge in [0.1, 0.15) is 0 Å². The van der Waals surface area contributed by atoms with E-state index in [-0.39, 0.29) is 27.7 Å². The van der Waals surface area contributed by atoms with Crippen molar-refractivity contribution in [1.29, 1.82) is 0 Å². The van der Waals surface area contributed by atoms with E-state index in [1.165, 1.54) is 11.3 Å². The third kappa shape index (κ3) is 6.19. The maximum absolute atomic E-state index is 13.3. The number of sulfone groups is 1. The van der Waals surface area contributed by atoms with E-state index in [2.05, 4.69) is 20.3 Å². The molecule has 0 unspecified atom stereocenters. The molecule has 5 rings (SSSR count). The monoisotopic (exact) mass is 544 g/mol. The number of carbonyl (C=O) groups is 2. The number of carbonyl (C=O) groups excluding carboxylic acids is 2. The Kier molecular flexibility index (Phi) is 7.59. The van der Waals surface area contributed by atoms with E-state index in [0.29, 0.717) is 30.1 Å². The van der Waals surface area contributed by atoms with Gasteiger partial charge in [-0.25, -0.2) is 13.4 Å². The standard InChI is InChI=1S/C25H32N6O4S2/c1-18(32)30-14-12-29(13-15-30)17-20-16-26-25(36-20)27-24(33)23(28-31-10-2-3-11-31)19-4-6-21(7-5-19)37(34,35)22-8-9-22/h4-7,16,22H,2-3,8-15,17H2,1H3,(H,26,27,33)/b28-23+. The Labute approximate surface area is 221 Å². The zero-order chi connectivity index (χ0) is 26.0. The van der Waals surface area contributed by atoms with Crippen molar-refractivity contribution in [1.82, 2.24) is 19.8 Å². The fraction of sp³-hybridized carbons (Fsp3) is 0.520. The molecule has 2 amide bonds. The van der Waals surface area contributed by atoms with Crippen LogP contribution >= 0.6 is 11.3 Å². The molecular formula is C25H32N6O4S2. The zero-order valence-corrected chi connectivity index (χ0v) is 22.6. The van der Waals surface area contributed by atoms with E-state index in [1.54, 1.807) is 37.4 Å². The molecule has 0 spiro atoms. The molecule has 3 fully saturated rings. The first-order valence-corrected chi connectivity index (χ1v) is 15.1. The lowest BCUT2D eigenvalue weighted by Crippen LogP contribution is -2.47. The molecule has 1 N–H and O–H groups in total. The minimum Gasteiger partial charge on any atom is -0.340 e. The zero-order valence-electron chi connectivity index (χ0n) is 20.9. The molecule has 3 heterocycles. The second kappa shape index (κ2) is 10.9. The van der Waals surface area contributed by atoms with Gasteiger partial charge in [-0.3, -0.25) is 24.8 Å². The van der Waals surface area contributed by atoms with Crippen molar-refractivity contribution >= 4 is 43.8 Å². The second-order valence-corrected chi connectivity index (χ2v) is 13.1. The molecular weight excluding hydrogens is 512 g/mol. The number of nitrogens with one attached hydrogen (secondary N) is 1. The van der Waals surface area contributed by atoms with Crippen LogP contribution in [-0.4, -0.2) is 90.3 Å². The summed E-state index contributed by atoms with van der Waals surface area (Å²) in [4.78, 5) is 34.7. The van der Waals surface area contributed by atoms with Crippen LogP contribution in [0.1, 0.15) is 43.0 Å². The van der Waals surface area contributed by atoms with Gasteiger partial charge in [-0.1, -0.05) is 12.1 Å². The molecule has 10 nitrogen and oxygen atoms in total. The van der Waals surface area contributed by atoms with Gasteiger partial charge in [-0.2, -0.15) is 5.10 Å². The molecule has 2 aliphatic heterocycles.